The van der Waals surface area contributed by atoms with Crippen molar-refractivity contribution in [2.24, 2.45) is 28.6 Å². The smallest absolute Gasteiger partial charge is 0.315 e. The van der Waals surface area contributed by atoms with E-state index >= 15 is 0 Å². The summed E-state index contributed by atoms with van der Waals surface area (Å²) >= 11 is 0. The van der Waals surface area contributed by atoms with E-state index in [4.69, 9.17) is 0 Å². The normalized spacial score (nSPS) is 29.5. The molecule has 12 nitrogen and oxygen atoms in total. The number of fused-ring (bicyclic) bond motifs is 1. The first-order valence-electron chi connectivity index (χ1n) is 17.8. The van der Waals surface area contributed by atoms with Crippen LogP contribution in [0.4, 0.5) is 4.79 Å². The molecule has 2 heterocycles. The van der Waals surface area contributed by atoms with Crippen LogP contribution in [0, 0.1) is 28.6 Å². The lowest BCUT2D eigenvalue weighted by Gasteiger charge is -2.43. The monoisotopic (exact) mass is 689 g/mol. The average Bonchev–Trinajstić information content (AvgIpc) is 3.79. The molecular formula is C35H55N5O7S. The van der Waals surface area contributed by atoms with Crippen molar-refractivity contribution in [1.82, 2.24) is 26.2 Å². The van der Waals surface area contributed by atoms with Crippen molar-refractivity contribution in [2.75, 3.05) is 18.8 Å². The molecule has 4 N–H and O–H groups in total. The van der Waals surface area contributed by atoms with Crippen molar-refractivity contribution < 1.29 is 32.4 Å². The van der Waals surface area contributed by atoms with E-state index in [-0.39, 0.29) is 35.5 Å². The maximum Gasteiger partial charge on any atom is 0.315 e. The van der Waals surface area contributed by atoms with E-state index in [9.17, 15) is 32.4 Å². The fourth-order valence-corrected chi connectivity index (χ4v) is 11.1. The van der Waals surface area contributed by atoms with Gasteiger partial charge in [0.25, 0.3) is 5.91 Å². The number of urea groups is 1. The van der Waals surface area contributed by atoms with Gasteiger partial charge in [0.1, 0.15) is 12.1 Å². The van der Waals surface area contributed by atoms with Gasteiger partial charge in [0, 0.05) is 13.1 Å². The molecule has 13 heteroatoms. The van der Waals surface area contributed by atoms with Crippen LogP contribution in [-0.4, -0.2) is 90.6 Å². The van der Waals surface area contributed by atoms with E-state index in [1.807, 2.05) is 20.8 Å². The Morgan fingerprint density at radius 2 is 1.65 bits per heavy atom. The zero-order valence-corrected chi connectivity index (χ0v) is 30.0. The number of hydrogen-bond acceptors (Lipinski definition) is 7. The van der Waals surface area contributed by atoms with E-state index in [1.165, 1.54) is 6.08 Å². The topological polar surface area (TPSA) is 171 Å². The third kappa shape index (κ3) is 7.31. The summed E-state index contributed by atoms with van der Waals surface area (Å²) in [6.07, 6.45) is 8.51. The van der Waals surface area contributed by atoms with Crippen molar-refractivity contribution in [3.8, 4) is 0 Å². The molecule has 3 aliphatic carbocycles. The van der Waals surface area contributed by atoms with E-state index < -0.39 is 73.7 Å². The van der Waals surface area contributed by atoms with Gasteiger partial charge in [-0.05, 0) is 60.7 Å². The standard InChI is InChI=1S/C35H55N5O7S/c1-7-17-36-30(43)27(41)23(19-21-13-14-21)37-29(42)26-25-22(34(25,5)6)20-40(26)31(44)28(33(2,3)4)38-32(45)39-35(15-9-8-10-16-35)24-12-11-18-48(24,46)47/h7,21-26,28H,1,8-20H2,2-6H3,(H,36,43)(H,37,42)(H2,38,39,45)/t22-,23?,24?,25-,26-,28+/m0/s1. The fraction of sp³-hybridized carbons (Fsp3) is 0.800. The number of nitrogens with zero attached hydrogens (tertiary/aromatic N) is 1. The highest BCUT2D eigenvalue weighted by atomic mass is 32.2. The lowest BCUT2D eigenvalue weighted by molar-refractivity contribution is -0.145. The molecule has 0 spiro atoms. The highest BCUT2D eigenvalue weighted by molar-refractivity contribution is 7.92. The molecule has 5 rings (SSSR count). The molecule has 0 aromatic carbocycles. The van der Waals surface area contributed by atoms with Crippen molar-refractivity contribution in [3.63, 3.8) is 0 Å². The minimum atomic E-state index is -3.35. The quantitative estimate of drug-likeness (QED) is 0.180. The number of piperidine rings is 1. The zero-order chi connectivity index (χ0) is 35.2. The van der Waals surface area contributed by atoms with Crippen LogP contribution in [0.25, 0.3) is 0 Å². The van der Waals surface area contributed by atoms with E-state index in [0.29, 0.717) is 38.6 Å². The first-order chi connectivity index (χ1) is 22.4. The molecule has 5 amide bonds. The van der Waals surface area contributed by atoms with Crippen molar-refractivity contribution in [3.05, 3.63) is 12.7 Å². The third-order valence-electron chi connectivity index (χ3n) is 11.7. The molecule has 5 aliphatic rings. The molecule has 0 bridgehead atoms. The summed E-state index contributed by atoms with van der Waals surface area (Å²) in [4.78, 5) is 69.6. The largest absolute Gasteiger partial charge is 0.346 e. The second kappa shape index (κ2) is 13.4. The highest BCUT2D eigenvalue weighted by Crippen LogP contribution is 2.65. The lowest BCUT2D eigenvalue weighted by atomic mass is 9.78. The lowest BCUT2D eigenvalue weighted by Crippen LogP contribution is -2.65. The van der Waals surface area contributed by atoms with Crippen LogP contribution in [0.1, 0.15) is 98.8 Å². The zero-order valence-electron chi connectivity index (χ0n) is 29.2. The van der Waals surface area contributed by atoms with Gasteiger partial charge in [-0.2, -0.15) is 0 Å². The average molecular weight is 690 g/mol. The number of amides is 5. The number of rotatable bonds is 12. The SMILES string of the molecule is C=CCNC(=O)C(=O)C(CC1CC1)NC(=O)[C@@H]1[C@@H]2[C@H](CN1C(=O)[C@@H](NC(=O)NC1(C3CCCS3(=O)=O)CCCCC1)C(C)(C)C)C2(C)C. The Labute approximate surface area is 285 Å². The van der Waals surface area contributed by atoms with Crippen molar-refractivity contribution >= 4 is 39.4 Å². The van der Waals surface area contributed by atoms with E-state index in [2.05, 4.69) is 41.7 Å². The summed E-state index contributed by atoms with van der Waals surface area (Å²) in [5.41, 5.74) is -1.82. The molecule has 2 saturated heterocycles. The maximum atomic E-state index is 14.5. The second-order valence-electron chi connectivity index (χ2n) is 16.6. The van der Waals surface area contributed by atoms with Gasteiger partial charge in [-0.25, -0.2) is 13.2 Å². The Balaban J connectivity index is 1.35. The predicted molar refractivity (Wildman–Crippen MR) is 181 cm³/mol. The fourth-order valence-electron chi connectivity index (χ4n) is 8.73. The molecule has 0 aromatic rings. The van der Waals surface area contributed by atoms with E-state index in [0.717, 1.165) is 32.1 Å². The number of Topliss-reactive ketones (excluding diaryl/α,β-unsaturated/α-hetero) is 1. The number of hydrogen-bond donors (Lipinski definition) is 4. The van der Waals surface area contributed by atoms with Gasteiger partial charge >= 0.3 is 6.03 Å². The first-order valence-corrected chi connectivity index (χ1v) is 19.5. The Bertz CT molecular complexity index is 1430. The molecule has 2 aliphatic heterocycles. The number of nitrogens with one attached hydrogen (secondary N) is 4. The minimum Gasteiger partial charge on any atom is -0.346 e. The first kappa shape index (κ1) is 36.3. The maximum absolute atomic E-state index is 14.5. The summed E-state index contributed by atoms with van der Waals surface area (Å²) in [5, 5.41) is 10.7. The van der Waals surface area contributed by atoms with Gasteiger partial charge in [-0.15, -0.1) is 6.58 Å². The van der Waals surface area contributed by atoms with E-state index in [1.54, 1.807) is 4.90 Å². The van der Waals surface area contributed by atoms with Gasteiger partial charge < -0.3 is 26.2 Å². The molecule has 3 saturated carbocycles. The summed E-state index contributed by atoms with van der Waals surface area (Å²) < 4.78 is 26.1. The van der Waals surface area contributed by atoms with Crippen molar-refractivity contribution in [2.45, 2.75) is 128 Å². The summed E-state index contributed by atoms with van der Waals surface area (Å²) in [6.45, 7) is 13.7. The molecule has 6 atom stereocenters. The number of sulfone groups is 1. The van der Waals surface area contributed by atoms with Gasteiger partial charge in [0.05, 0.1) is 22.6 Å². The second-order valence-corrected chi connectivity index (χ2v) is 18.9. The van der Waals surface area contributed by atoms with Crippen LogP contribution in [0.2, 0.25) is 0 Å². The Kier molecular flexibility index (Phi) is 10.1. The van der Waals surface area contributed by atoms with Gasteiger partial charge in [-0.1, -0.05) is 72.8 Å². The molecule has 0 aromatic heterocycles. The summed E-state index contributed by atoms with van der Waals surface area (Å²) in [6, 6.07) is -3.47. The molecule has 48 heavy (non-hydrogen) atoms. The molecule has 2 unspecified atom stereocenters. The van der Waals surface area contributed by atoms with Crippen LogP contribution < -0.4 is 21.3 Å². The van der Waals surface area contributed by atoms with Crippen LogP contribution >= 0.6 is 0 Å². The van der Waals surface area contributed by atoms with Crippen LogP contribution in [0.5, 0.6) is 0 Å². The van der Waals surface area contributed by atoms with Crippen LogP contribution in [0.3, 0.4) is 0 Å². The molecule has 5 fully saturated rings. The van der Waals surface area contributed by atoms with Gasteiger partial charge in [-0.3, -0.25) is 19.2 Å². The van der Waals surface area contributed by atoms with Gasteiger partial charge in [0.15, 0.2) is 9.84 Å². The highest BCUT2D eigenvalue weighted by Gasteiger charge is 2.70. The van der Waals surface area contributed by atoms with Crippen LogP contribution in [0.15, 0.2) is 12.7 Å². The summed E-state index contributed by atoms with van der Waals surface area (Å²) in [7, 11) is -3.35. The molecule has 268 valence electrons. The molecular weight excluding hydrogens is 634 g/mol. The Morgan fingerprint density at radius 1 is 0.979 bits per heavy atom. The predicted octanol–water partition coefficient (Wildman–Crippen LogP) is 2.62. The Morgan fingerprint density at radius 3 is 2.21 bits per heavy atom. The Hall–Kier alpha value is -2.96. The van der Waals surface area contributed by atoms with Gasteiger partial charge in [0.2, 0.25) is 17.6 Å². The number of carbonyl (C=O) groups excluding carboxylic acids is 5. The minimum absolute atomic E-state index is 0.0678. The third-order valence-corrected chi connectivity index (χ3v) is 14.1. The number of carbonyl (C=O) groups is 5. The number of likely N-dealkylation sites (tertiary alicyclic amines) is 1. The molecule has 0 radical (unpaired) electrons. The van der Waals surface area contributed by atoms with Crippen LogP contribution in [-0.2, 0) is 29.0 Å². The number of ketones is 1. The summed E-state index contributed by atoms with van der Waals surface area (Å²) in [5.74, 6) is -2.07. The van der Waals surface area contributed by atoms with Crippen molar-refractivity contribution in [1.29, 1.82) is 0 Å².